The molecule has 3 N–H and O–H groups in total. The van der Waals surface area contributed by atoms with E-state index in [2.05, 4.69) is 10.3 Å². The number of benzene rings is 1. The Hall–Kier alpha value is -1.22. The fraction of sp³-hybridized carbons (Fsp3) is 0.222. The van der Waals surface area contributed by atoms with Crippen LogP contribution >= 0.6 is 11.6 Å². The number of hydrogen-bond acceptors (Lipinski definition) is 3. The van der Waals surface area contributed by atoms with E-state index in [0.29, 0.717) is 10.7 Å². The third-order valence-electron chi connectivity index (χ3n) is 1.94. The van der Waals surface area contributed by atoms with Crippen LogP contribution in [0.2, 0.25) is 5.02 Å². The molecule has 0 saturated carbocycles. The van der Waals surface area contributed by atoms with Crippen LogP contribution < -0.4 is 11.1 Å². The summed E-state index contributed by atoms with van der Waals surface area (Å²) in [4.78, 5) is 4.27. The molecule has 0 aliphatic carbocycles. The summed E-state index contributed by atoms with van der Waals surface area (Å²) in [6.07, 6.45) is 0. The molecule has 0 unspecified atom stereocenters. The van der Waals surface area contributed by atoms with Crippen LogP contribution in [0.25, 0.3) is 0 Å². The first-order chi connectivity index (χ1) is 6.27. The molecule has 0 spiro atoms. The van der Waals surface area contributed by atoms with Crippen molar-refractivity contribution in [2.45, 2.75) is 0 Å². The second-order valence-electron chi connectivity index (χ2n) is 2.89. The molecule has 0 fully saturated rings. The van der Waals surface area contributed by atoms with E-state index in [1.165, 1.54) is 0 Å². The smallest absolute Gasteiger partial charge is 0.130 e. The predicted molar refractivity (Wildman–Crippen MR) is 55.3 cm³/mol. The fourth-order valence-electron chi connectivity index (χ4n) is 1.31. The van der Waals surface area contributed by atoms with E-state index >= 15 is 0 Å². The Balaban J connectivity index is 2.43. The minimum atomic E-state index is 0.681. The SMILES string of the molecule is Nc1ccc(Cl)cc1C1=NCCN1. The van der Waals surface area contributed by atoms with Gasteiger partial charge in [0.2, 0.25) is 0 Å². The van der Waals surface area contributed by atoms with Crippen LogP contribution in [0.3, 0.4) is 0 Å². The van der Waals surface area contributed by atoms with Gasteiger partial charge in [-0.15, -0.1) is 0 Å². The lowest BCUT2D eigenvalue weighted by atomic mass is 10.1. The number of anilines is 1. The van der Waals surface area contributed by atoms with Crippen molar-refractivity contribution in [2.24, 2.45) is 4.99 Å². The molecule has 0 amide bonds. The monoisotopic (exact) mass is 195 g/mol. The molecule has 0 bridgehead atoms. The van der Waals surface area contributed by atoms with Crippen LogP contribution in [-0.4, -0.2) is 18.9 Å². The predicted octanol–water partition coefficient (Wildman–Crippen LogP) is 1.27. The zero-order valence-electron chi connectivity index (χ0n) is 7.05. The lowest BCUT2D eigenvalue weighted by Crippen LogP contribution is -2.20. The van der Waals surface area contributed by atoms with E-state index < -0.39 is 0 Å². The largest absolute Gasteiger partial charge is 0.398 e. The van der Waals surface area contributed by atoms with E-state index in [1.807, 2.05) is 6.07 Å². The third kappa shape index (κ3) is 1.60. The van der Waals surface area contributed by atoms with Gasteiger partial charge >= 0.3 is 0 Å². The average Bonchev–Trinajstić information content (AvgIpc) is 2.61. The molecule has 1 aliphatic rings. The number of hydrogen-bond donors (Lipinski definition) is 2. The van der Waals surface area contributed by atoms with E-state index in [9.17, 15) is 0 Å². The molecule has 1 heterocycles. The Morgan fingerprint density at radius 1 is 1.46 bits per heavy atom. The van der Waals surface area contributed by atoms with Gasteiger partial charge in [0.05, 0.1) is 6.54 Å². The molecule has 68 valence electrons. The van der Waals surface area contributed by atoms with Gasteiger partial charge in [0.25, 0.3) is 0 Å². The van der Waals surface area contributed by atoms with Crippen molar-refractivity contribution >= 4 is 23.1 Å². The fourth-order valence-corrected chi connectivity index (χ4v) is 1.48. The van der Waals surface area contributed by atoms with Gasteiger partial charge in [0.15, 0.2) is 0 Å². The summed E-state index contributed by atoms with van der Waals surface area (Å²) in [5.41, 5.74) is 7.39. The maximum absolute atomic E-state index is 5.86. The lowest BCUT2D eigenvalue weighted by Gasteiger charge is -2.06. The number of nitrogens with zero attached hydrogens (tertiary/aromatic N) is 1. The van der Waals surface area contributed by atoms with Crippen molar-refractivity contribution in [3.05, 3.63) is 28.8 Å². The molecule has 0 aromatic heterocycles. The molecular formula is C9H10ClN3. The van der Waals surface area contributed by atoms with E-state index in [4.69, 9.17) is 17.3 Å². The highest BCUT2D eigenvalue weighted by Gasteiger charge is 2.10. The summed E-state index contributed by atoms with van der Waals surface area (Å²) in [5.74, 6) is 0.847. The van der Waals surface area contributed by atoms with Gasteiger partial charge in [-0.1, -0.05) is 11.6 Å². The Morgan fingerprint density at radius 3 is 3.00 bits per heavy atom. The zero-order valence-corrected chi connectivity index (χ0v) is 7.80. The molecule has 1 aliphatic heterocycles. The number of aliphatic imine (C=N–C) groups is 1. The van der Waals surface area contributed by atoms with Crippen LogP contribution in [-0.2, 0) is 0 Å². The molecule has 0 radical (unpaired) electrons. The Kier molecular flexibility index (Phi) is 2.10. The quantitative estimate of drug-likeness (QED) is 0.664. The van der Waals surface area contributed by atoms with Crippen molar-refractivity contribution in [1.82, 2.24) is 5.32 Å². The molecule has 3 nitrogen and oxygen atoms in total. The van der Waals surface area contributed by atoms with Gasteiger partial charge in [-0.2, -0.15) is 0 Å². The topological polar surface area (TPSA) is 50.4 Å². The standard InChI is InChI=1S/C9H10ClN3/c10-6-1-2-8(11)7(5-6)9-12-3-4-13-9/h1-2,5H,3-4,11H2,(H,12,13). The van der Waals surface area contributed by atoms with Crippen molar-refractivity contribution in [3.8, 4) is 0 Å². The normalized spacial score (nSPS) is 15.3. The van der Waals surface area contributed by atoms with Crippen LogP contribution in [0.4, 0.5) is 5.69 Å². The number of nitrogens with one attached hydrogen (secondary N) is 1. The summed E-state index contributed by atoms with van der Waals surface area (Å²) in [7, 11) is 0. The van der Waals surface area contributed by atoms with Gasteiger partial charge in [-0.25, -0.2) is 0 Å². The first-order valence-corrected chi connectivity index (χ1v) is 4.49. The number of amidine groups is 1. The summed E-state index contributed by atoms with van der Waals surface area (Å²) in [5, 5.41) is 3.83. The lowest BCUT2D eigenvalue weighted by molar-refractivity contribution is 0.960. The van der Waals surface area contributed by atoms with E-state index in [-0.39, 0.29) is 0 Å². The van der Waals surface area contributed by atoms with E-state index in [0.717, 1.165) is 24.5 Å². The van der Waals surface area contributed by atoms with Gasteiger partial charge in [0.1, 0.15) is 5.84 Å². The summed E-state index contributed by atoms with van der Waals surface area (Å²) in [6.45, 7) is 1.68. The summed E-state index contributed by atoms with van der Waals surface area (Å²) >= 11 is 5.86. The second-order valence-corrected chi connectivity index (χ2v) is 3.33. The highest BCUT2D eigenvalue weighted by molar-refractivity contribution is 6.31. The van der Waals surface area contributed by atoms with Crippen LogP contribution in [0, 0.1) is 0 Å². The van der Waals surface area contributed by atoms with Crippen molar-refractivity contribution in [1.29, 1.82) is 0 Å². The maximum atomic E-state index is 5.86. The summed E-state index contributed by atoms with van der Waals surface area (Å²) in [6, 6.07) is 5.39. The van der Waals surface area contributed by atoms with Crippen LogP contribution in [0.15, 0.2) is 23.2 Å². The van der Waals surface area contributed by atoms with Crippen molar-refractivity contribution < 1.29 is 0 Å². The molecule has 2 rings (SSSR count). The minimum Gasteiger partial charge on any atom is -0.398 e. The highest BCUT2D eigenvalue weighted by atomic mass is 35.5. The maximum Gasteiger partial charge on any atom is 0.130 e. The van der Waals surface area contributed by atoms with E-state index in [1.54, 1.807) is 12.1 Å². The van der Waals surface area contributed by atoms with Gasteiger partial charge in [-0.3, -0.25) is 4.99 Å². The van der Waals surface area contributed by atoms with Gasteiger partial charge in [-0.05, 0) is 18.2 Å². The van der Waals surface area contributed by atoms with Gasteiger partial charge in [0, 0.05) is 22.8 Å². The van der Waals surface area contributed by atoms with Gasteiger partial charge < -0.3 is 11.1 Å². The number of halogens is 1. The molecule has 0 atom stereocenters. The Labute approximate surface area is 81.6 Å². The van der Waals surface area contributed by atoms with Crippen molar-refractivity contribution in [2.75, 3.05) is 18.8 Å². The molecule has 4 heteroatoms. The van der Waals surface area contributed by atoms with Crippen LogP contribution in [0.1, 0.15) is 5.56 Å². The van der Waals surface area contributed by atoms with Crippen molar-refractivity contribution in [3.63, 3.8) is 0 Å². The first-order valence-electron chi connectivity index (χ1n) is 4.11. The number of rotatable bonds is 1. The number of nitrogens with two attached hydrogens (primary N) is 1. The zero-order chi connectivity index (χ0) is 9.26. The first kappa shape index (κ1) is 8.38. The second kappa shape index (κ2) is 3.26. The highest BCUT2D eigenvalue weighted by Crippen LogP contribution is 2.18. The molecule has 1 aromatic rings. The van der Waals surface area contributed by atoms with Crippen LogP contribution in [0.5, 0.6) is 0 Å². The Morgan fingerprint density at radius 2 is 2.31 bits per heavy atom. The minimum absolute atomic E-state index is 0.681. The molecular weight excluding hydrogens is 186 g/mol. The average molecular weight is 196 g/mol. The molecule has 1 aromatic carbocycles. The summed E-state index contributed by atoms with van der Waals surface area (Å²) < 4.78 is 0. The molecule has 13 heavy (non-hydrogen) atoms. The number of nitrogen functional groups attached to an aromatic ring is 1. The molecule has 0 saturated heterocycles. The third-order valence-corrected chi connectivity index (χ3v) is 2.18. The Bertz CT molecular complexity index is 360.